The van der Waals surface area contributed by atoms with Crippen molar-refractivity contribution in [2.75, 3.05) is 10.2 Å². The van der Waals surface area contributed by atoms with Crippen LogP contribution in [-0.2, 0) is 6.42 Å². The molecule has 0 spiro atoms. The van der Waals surface area contributed by atoms with Crippen LogP contribution < -0.4 is 10.2 Å². The summed E-state index contributed by atoms with van der Waals surface area (Å²) in [5.41, 5.74) is 7.31. The fraction of sp³-hybridized carbons (Fsp3) is 0.121. The van der Waals surface area contributed by atoms with Gasteiger partial charge >= 0.3 is 0 Å². The summed E-state index contributed by atoms with van der Waals surface area (Å²) in [6, 6.07) is 31.5. The molecule has 3 heterocycles. The molecule has 1 atom stereocenters. The van der Waals surface area contributed by atoms with Gasteiger partial charge < -0.3 is 15.3 Å². The molecule has 202 valence electrons. The van der Waals surface area contributed by atoms with Gasteiger partial charge in [0.05, 0.1) is 28.8 Å². The average molecular weight is 604 g/mol. The Labute approximate surface area is 246 Å². The predicted octanol–water partition coefficient (Wildman–Crippen LogP) is 8.01. The van der Waals surface area contributed by atoms with Gasteiger partial charge in [-0.15, -0.1) is 0 Å². The van der Waals surface area contributed by atoms with Gasteiger partial charge in [-0.25, -0.2) is 14.7 Å². The molecule has 5 aromatic rings. The van der Waals surface area contributed by atoms with Crippen molar-refractivity contribution >= 4 is 50.5 Å². The number of phenols is 1. The number of aromatic hydroxyl groups is 1. The predicted molar refractivity (Wildman–Crippen MR) is 169 cm³/mol. The molecule has 0 amide bonds. The van der Waals surface area contributed by atoms with Crippen LogP contribution in [0.2, 0.25) is 0 Å². The first-order valence-corrected chi connectivity index (χ1v) is 14.4. The van der Waals surface area contributed by atoms with Crippen molar-refractivity contribution in [3.8, 4) is 11.4 Å². The number of phenolic OH excluding ortho intramolecular Hbond substituents is 1. The van der Waals surface area contributed by atoms with Crippen LogP contribution in [-0.4, -0.2) is 26.6 Å². The summed E-state index contributed by atoms with van der Waals surface area (Å²) in [6.07, 6.45) is 0.971. The van der Waals surface area contributed by atoms with Crippen LogP contribution in [0.3, 0.4) is 0 Å². The lowest BCUT2D eigenvalue weighted by molar-refractivity contribution is 0.465. The highest BCUT2D eigenvalue weighted by Gasteiger charge is 2.42. The van der Waals surface area contributed by atoms with Gasteiger partial charge in [0, 0.05) is 21.3 Å². The van der Waals surface area contributed by atoms with Crippen molar-refractivity contribution in [1.29, 1.82) is 0 Å². The number of benzene rings is 4. The lowest BCUT2D eigenvalue weighted by atomic mass is 9.92. The van der Waals surface area contributed by atoms with E-state index < -0.39 is 6.04 Å². The van der Waals surface area contributed by atoms with Crippen LogP contribution in [0.15, 0.2) is 112 Å². The molecule has 1 aromatic heterocycles. The van der Waals surface area contributed by atoms with Gasteiger partial charge in [-0.2, -0.15) is 5.10 Å². The summed E-state index contributed by atoms with van der Waals surface area (Å²) in [6.45, 7) is 4.14. The minimum Gasteiger partial charge on any atom is -0.508 e. The highest BCUT2D eigenvalue weighted by Crippen LogP contribution is 2.50. The summed E-state index contributed by atoms with van der Waals surface area (Å²) >= 11 is 3.63. The molecule has 0 radical (unpaired) electrons. The number of halogens is 1. The topological polar surface area (TPSA) is 78.0 Å². The van der Waals surface area contributed by atoms with Crippen LogP contribution in [0.5, 0.6) is 5.75 Å². The van der Waals surface area contributed by atoms with Gasteiger partial charge in [0.15, 0.2) is 17.5 Å². The molecule has 0 bridgehead atoms. The minimum atomic E-state index is -0.414. The van der Waals surface area contributed by atoms with Gasteiger partial charge in [0.2, 0.25) is 0 Å². The summed E-state index contributed by atoms with van der Waals surface area (Å²) in [5.74, 6) is 2.18. The van der Waals surface area contributed by atoms with Crippen molar-refractivity contribution in [2.24, 2.45) is 9.98 Å². The summed E-state index contributed by atoms with van der Waals surface area (Å²) in [7, 11) is 0. The Morgan fingerprint density at radius 2 is 1.66 bits per heavy atom. The van der Waals surface area contributed by atoms with Crippen molar-refractivity contribution in [2.45, 2.75) is 26.3 Å². The molecule has 0 fully saturated rings. The van der Waals surface area contributed by atoms with Gasteiger partial charge in [-0.3, -0.25) is 0 Å². The minimum absolute atomic E-state index is 0.196. The molecule has 0 saturated heterocycles. The van der Waals surface area contributed by atoms with Gasteiger partial charge in [0.1, 0.15) is 5.75 Å². The van der Waals surface area contributed by atoms with Gasteiger partial charge in [-0.1, -0.05) is 65.3 Å². The molecule has 2 aliphatic heterocycles. The quantitative estimate of drug-likeness (QED) is 0.218. The molecule has 0 unspecified atom stereocenters. The third-order valence-corrected chi connectivity index (χ3v) is 8.04. The maximum absolute atomic E-state index is 11.3. The Bertz CT molecular complexity index is 1840. The third-order valence-electron chi connectivity index (χ3n) is 7.55. The number of amidine groups is 2. The largest absolute Gasteiger partial charge is 0.508 e. The number of aryl methyl sites for hydroxylation is 2. The molecule has 0 saturated carbocycles. The number of aromatic nitrogens is 2. The average Bonchev–Trinajstić information content (AvgIpc) is 3.34. The fourth-order valence-corrected chi connectivity index (χ4v) is 5.92. The third kappa shape index (κ3) is 4.31. The van der Waals surface area contributed by atoms with E-state index in [1.807, 2.05) is 78.3 Å². The number of fused-ring (bicyclic) bond motifs is 4. The van der Waals surface area contributed by atoms with Crippen LogP contribution in [0.1, 0.15) is 35.3 Å². The molecule has 41 heavy (non-hydrogen) atoms. The van der Waals surface area contributed by atoms with Crippen LogP contribution in [0.25, 0.3) is 5.69 Å². The van der Waals surface area contributed by atoms with Crippen molar-refractivity contribution < 1.29 is 5.11 Å². The van der Waals surface area contributed by atoms with Crippen LogP contribution >= 0.6 is 15.9 Å². The smallest absolute Gasteiger partial charge is 0.179 e. The first kappa shape index (κ1) is 25.3. The number of nitrogens with one attached hydrogen (secondary N) is 1. The Kier molecular flexibility index (Phi) is 6.20. The lowest BCUT2D eigenvalue weighted by Gasteiger charge is -2.40. The molecule has 8 heteroatoms. The van der Waals surface area contributed by atoms with E-state index in [9.17, 15) is 5.11 Å². The maximum Gasteiger partial charge on any atom is 0.179 e. The first-order chi connectivity index (χ1) is 20.0. The standard InChI is InChI=1S/C33H27BrN6O/c1-3-21-13-16-23(17-14-21)35-31-33-37-32-29(20(2)38-40(32)24-9-5-4-6-10-24)30(25-19-22(34)15-18-28(25)41)39(33)27-12-8-7-11-26(27)36-31/h4-19,30,41H,3H2,1-2H3,(H,35,36)/t30-/m0/s1. The Hall–Kier alpha value is -4.69. The number of para-hydroxylation sites is 3. The molecule has 7 nitrogen and oxygen atoms in total. The Balaban J connectivity index is 1.49. The highest BCUT2D eigenvalue weighted by atomic mass is 79.9. The number of hydrogen-bond acceptors (Lipinski definition) is 6. The zero-order valence-corrected chi connectivity index (χ0v) is 24.2. The van der Waals surface area contributed by atoms with Crippen LogP contribution in [0, 0.1) is 6.92 Å². The number of anilines is 2. The monoisotopic (exact) mass is 602 g/mol. The second-order valence-corrected chi connectivity index (χ2v) is 11.0. The summed E-state index contributed by atoms with van der Waals surface area (Å²) in [5, 5.41) is 19.8. The van der Waals surface area contributed by atoms with E-state index in [0.717, 1.165) is 50.5 Å². The molecule has 2 N–H and O–H groups in total. The second-order valence-electron chi connectivity index (χ2n) is 10.1. The summed E-state index contributed by atoms with van der Waals surface area (Å²) in [4.78, 5) is 12.5. The normalized spacial score (nSPS) is 15.4. The second kappa shape index (κ2) is 10.1. The van der Waals surface area contributed by atoms with Gasteiger partial charge in [0.25, 0.3) is 0 Å². The van der Waals surface area contributed by atoms with E-state index in [4.69, 9.17) is 15.1 Å². The van der Waals surface area contributed by atoms with Crippen molar-refractivity contribution in [3.63, 3.8) is 0 Å². The van der Waals surface area contributed by atoms with Crippen molar-refractivity contribution in [1.82, 2.24) is 9.78 Å². The Morgan fingerprint density at radius 1 is 0.902 bits per heavy atom. The van der Waals surface area contributed by atoms with Gasteiger partial charge in [-0.05, 0) is 73.5 Å². The van der Waals surface area contributed by atoms with E-state index in [2.05, 4.69) is 57.3 Å². The Morgan fingerprint density at radius 3 is 2.44 bits per heavy atom. The number of aliphatic imine (C=N–C) groups is 2. The number of hydrogen-bond donors (Lipinski definition) is 2. The zero-order chi connectivity index (χ0) is 28.1. The van der Waals surface area contributed by atoms with E-state index in [-0.39, 0.29) is 5.75 Å². The highest BCUT2D eigenvalue weighted by molar-refractivity contribution is 9.10. The van der Waals surface area contributed by atoms with E-state index in [0.29, 0.717) is 17.5 Å². The lowest BCUT2D eigenvalue weighted by Crippen LogP contribution is -2.46. The van der Waals surface area contributed by atoms with E-state index in [1.54, 1.807) is 6.07 Å². The maximum atomic E-state index is 11.3. The number of rotatable bonds is 4. The van der Waals surface area contributed by atoms with E-state index >= 15 is 0 Å². The fourth-order valence-electron chi connectivity index (χ4n) is 5.55. The molecule has 0 aliphatic carbocycles. The van der Waals surface area contributed by atoms with Crippen LogP contribution in [0.4, 0.5) is 22.9 Å². The summed E-state index contributed by atoms with van der Waals surface area (Å²) < 4.78 is 2.75. The molecule has 7 rings (SSSR count). The molecular weight excluding hydrogens is 576 g/mol. The molecule has 4 aromatic carbocycles. The van der Waals surface area contributed by atoms with Crippen molar-refractivity contribution in [3.05, 3.63) is 124 Å². The molecule has 2 aliphatic rings. The zero-order valence-electron chi connectivity index (χ0n) is 22.6. The number of nitrogens with zero attached hydrogens (tertiary/aromatic N) is 5. The molecular formula is C33H27BrN6O. The SMILES string of the molecule is CCc1ccc(NC2=Nc3ccccc3N3C2=Nc2c(c(C)nn2-c2ccccc2)[C@@H]3c2cc(Br)ccc2O)cc1. The van der Waals surface area contributed by atoms with E-state index in [1.165, 1.54) is 5.56 Å². The first-order valence-electron chi connectivity index (χ1n) is 13.6.